The van der Waals surface area contributed by atoms with E-state index in [1.165, 1.54) is 12.4 Å². The molecule has 7 nitrogen and oxygen atoms in total. The van der Waals surface area contributed by atoms with Gasteiger partial charge in [0.15, 0.2) is 11.4 Å². The summed E-state index contributed by atoms with van der Waals surface area (Å²) in [7, 11) is 0. The smallest absolute Gasteiger partial charge is 0.416 e. The van der Waals surface area contributed by atoms with Crippen molar-refractivity contribution >= 4 is 23.0 Å². The van der Waals surface area contributed by atoms with E-state index in [2.05, 4.69) is 15.0 Å². The molecule has 3 heterocycles. The Bertz CT molecular complexity index is 915. The Balaban J connectivity index is 2.17. The predicted molar refractivity (Wildman–Crippen MR) is 84.5 cm³/mol. The summed E-state index contributed by atoms with van der Waals surface area (Å²) in [4.78, 5) is 35.4. The quantitative estimate of drug-likeness (QED) is 0.708. The number of aromatic nitrogens is 4. The lowest BCUT2D eigenvalue weighted by Crippen LogP contribution is -2.20. The fourth-order valence-electron chi connectivity index (χ4n) is 2.35. The van der Waals surface area contributed by atoms with Crippen molar-refractivity contribution in [1.82, 2.24) is 19.5 Å². The van der Waals surface area contributed by atoms with Crippen molar-refractivity contribution in [2.75, 3.05) is 0 Å². The second kappa shape index (κ2) is 5.05. The second-order valence-electron chi connectivity index (χ2n) is 6.28. The lowest BCUT2D eigenvalue weighted by Gasteiger charge is -2.15. The third kappa shape index (κ3) is 2.50. The van der Waals surface area contributed by atoms with Crippen LogP contribution in [0.4, 0.5) is 4.79 Å². The normalized spacial score (nSPS) is 11.8. The summed E-state index contributed by atoms with van der Waals surface area (Å²) in [6.07, 6.45) is 3.41. The summed E-state index contributed by atoms with van der Waals surface area (Å²) >= 11 is 0. The molecule has 0 saturated carbocycles. The van der Waals surface area contributed by atoms with Gasteiger partial charge in [0.25, 0.3) is 0 Å². The average molecular weight is 312 g/mol. The Labute approximate surface area is 132 Å². The number of hydrogen-bond donors (Lipinski definition) is 2. The van der Waals surface area contributed by atoms with Gasteiger partial charge in [-0.25, -0.2) is 14.8 Å². The summed E-state index contributed by atoms with van der Waals surface area (Å²) < 4.78 is 1.06. The van der Waals surface area contributed by atoms with Crippen LogP contribution in [0.15, 0.2) is 30.7 Å². The maximum atomic E-state index is 12.5. The molecule has 7 heteroatoms. The molecule has 0 fully saturated rings. The zero-order valence-electron chi connectivity index (χ0n) is 13.0. The van der Waals surface area contributed by atoms with E-state index in [0.717, 1.165) is 4.57 Å². The van der Waals surface area contributed by atoms with E-state index in [4.69, 9.17) is 0 Å². The molecule has 0 atom stereocenters. The molecule has 0 aliphatic heterocycles. The highest BCUT2D eigenvalue weighted by molar-refractivity contribution is 6.08. The lowest BCUT2D eigenvalue weighted by atomic mass is 9.87. The van der Waals surface area contributed by atoms with Gasteiger partial charge in [0.05, 0.1) is 17.5 Å². The topological polar surface area (TPSA) is 101 Å². The van der Waals surface area contributed by atoms with E-state index in [0.29, 0.717) is 28.1 Å². The maximum absolute atomic E-state index is 12.5. The first kappa shape index (κ1) is 15.0. The van der Waals surface area contributed by atoms with E-state index in [1.54, 1.807) is 18.3 Å². The number of Topliss-reactive ketones (excluding diaryl/α,β-unsaturated/α-hetero) is 1. The average Bonchev–Trinajstić information content (AvgIpc) is 3.11. The Morgan fingerprint density at radius 3 is 2.70 bits per heavy atom. The van der Waals surface area contributed by atoms with Gasteiger partial charge in [-0.05, 0) is 12.1 Å². The first-order chi connectivity index (χ1) is 10.8. The van der Waals surface area contributed by atoms with Crippen molar-refractivity contribution in [3.63, 3.8) is 0 Å². The van der Waals surface area contributed by atoms with Crippen molar-refractivity contribution in [3.05, 3.63) is 36.3 Å². The number of nitrogens with zero attached hydrogens (tertiary/aromatic N) is 3. The summed E-state index contributed by atoms with van der Waals surface area (Å²) in [5, 5.41) is 9.19. The van der Waals surface area contributed by atoms with Gasteiger partial charge in [-0.3, -0.25) is 9.36 Å². The molecule has 3 rings (SSSR count). The SMILES string of the molecule is CC(C)(C)C(=O)c1c[nH]c2ncc(-c3cccn3C(=O)O)nc12. The van der Waals surface area contributed by atoms with E-state index < -0.39 is 11.5 Å². The molecule has 3 aromatic heterocycles. The summed E-state index contributed by atoms with van der Waals surface area (Å²) in [5.41, 5.74) is 1.65. The molecule has 0 aromatic carbocycles. The van der Waals surface area contributed by atoms with E-state index >= 15 is 0 Å². The van der Waals surface area contributed by atoms with Gasteiger partial charge < -0.3 is 10.1 Å². The van der Waals surface area contributed by atoms with Crippen LogP contribution in [-0.2, 0) is 0 Å². The van der Waals surface area contributed by atoms with Crippen molar-refractivity contribution in [1.29, 1.82) is 0 Å². The number of rotatable bonds is 2. The molecule has 0 aliphatic rings. The molecule has 0 spiro atoms. The zero-order chi connectivity index (χ0) is 16.8. The lowest BCUT2D eigenvalue weighted by molar-refractivity contribution is 0.0860. The van der Waals surface area contributed by atoms with Crippen LogP contribution in [0.5, 0.6) is 0 Å². The number of carbonyl (C=O) groups is 2. The van der Waals surface area contributed by atoms with Crippen LogP contribution >= 0.6 is 0 Å². The van der Waals surface area contributed by atoms with E-state index in [1.807, 2.05) is 20.8 Å². The van der Waals surface area contributed by atoms with Crippen LogP contribution in [0.1, 0.15) is 31.1 Å². The number of carbonyl (C=O) groups excluding carboxylic acids is 1. The first-order valence-electron chi connectivity index (χ1n) is 7.09. The number of hydrogen-bond acceptors (Lipinski definition) is 4. The molecule has 2 N–H and O–H groups in total. The molecule has 0 unspecified atom stereocenters. The third-order valence-corrected chi connectivity index (χ3v) is 3.52. The van der Waals surface area contributed by atoms with Crippen molar-refractivity contribution in [2.45, 2.75) is 20.8 Å². The second-order valence-corrected chi connectivity index (χ2v) is 6.28. The highest BCUT2D eigenvalue weighted by Gasteiger charge is 2.26. The van der Waals surface area contributed by atoms with E-state index in [-0.39, 0.29) is 5.78 Å². The fraction of sp³-hybridized carbons (Fsp3) is 0.250. The van der Waals surface area contributed by atoms with Crippen LogP contribution < -0.4 is 0 Å². The van der Waals surface area contributed by atoms with Gasteiger partial charge in [0.1, 0.15) is 11.2 Å². The monoisotopic (exact) mass is 312 g/mol. The Hall–Kier alpha value is -2.96. The minimum Gasteiger partial charge on any atom is -0.464 e. The van der Waals surface area contributed by atoms with Crippen LogP contribution in [0.3, 0.4) is 0 Å². The summed E-state index contributed by atoms with van der Waals surface area (Å²) in [6.45, 7) is 5.50. The number of H-pyrrole nitrogens is 1. The molecule has 3 aromatic rings. The molecule has 0 saturated heterocycles. The standard InChI is InChI=1S/C16H16N4O3/c1-16(2,3)13(21)9-7-17-14-12(9)19-10(8-18-14)11-5-4-6-20(11)15(22)23/h4-8H,1-3H3,(H,17,18)(H,22,23). The summed E-state index contributed by atoms with van der Waals surface area (Å²) in [5.74, 6) is -0.0520. The highest BCUT2D eigenvalue weighted by Crippen LogP contribution is 2.27. The predicted octanol–water partition coefficient (Wildman–Crippen LogP) is 3.18. The van der Waals surface area contributed by atoms with Crippen molar-refractivity contribution in [2.24, 2.45) is 5.41 Å². The number of nitrogens with one attached hydrogen (secondary N) is 1. The number of aromatic amines is 1. The Kier molecular flexibility index (Phi) is 3.28. The van der Waals surface area contributed by atoms with Crippen LogP contribution in [0.25, 0.3) is 22.6 Å². The number of carboxylic acid groups (broad SMARTS) is 1. The van der Waals surface area contributed by atoms with Gasteiger partial charge >= 0.3 is 6.09 Å². The maximum Gasteiger partial charge on any atom is 0.416 e. The van der Waals surface area contributed by atoms with Gasteiger partial charge in [0, 0.05) is 17.8 Å². The molecular weight excluding hydrogens is 296 g/mol. The Morgan fingerprint density at radius 1 is 1.30 bits per heavy atom. The number of ketones is 1. The van der Waals surface area contributed by atoms with Gasteiger partial charge in [-0.15, -0.1) is 0 Å². The molecule has 0 aliphatic carbocycles. The van der Waals surface area contributed by atoms with Crippen LogP contribution in [0, 0.1) is 5.41 Å². The molecule has 0 bridgehead atoms. The van der Waals surface area contributed by atoms with Gasteiger partial charge in [-0.1, -0.05) is 20.8 Å². The molecule has 0 radical (unpaired) electrons. The minimum atomic E-state index is -1.10. The van der Waals surface area contributed by atoms with E-state index in [9.17, 15) is 14.7 Å². The highest BCUT2D eigenvalue weighted by atomic mass is 16.4. The Morgan fingerprint density at radius 2 is 2.04 bits per heavy atom. The molecule has 23 heavy (non-hydrogen) atoms. The van der Waals surface area contributed by atoms with Crippen molar-refractivity contribution < 1.29 is 14.7 Å². The van der Waals surface area contributed by atoms with Crippen LogP contribution in [0.2, 0.25) is 0 Å². The zero-order valence-corrected chi connectivity index (χ0v) is 13.0. The number of fused-ring (bicyclic) bond motifs is 1. The largest absolute Gasteiger partial charge is 0.464 e. The first-order valence-corrected chi connectivity index (χ1v) is 7.09. The fourth-order valence-corrected chi connectivity index (χ4v) is 2.35. The van der Waals surface area contributed by atoms with Crippen molar-refractivity contribution in [3.8, 4) is 11.4 Å². The van der Waals surface area contributed by atoms with Gasteiger partial charge in [0.2, 0.25) is 0 Å². The summed E-state index contributed by atoms with van der Waals surface area (Å²) in [6, 6.07) is 3.26. The molecular formula is C16H16N4O3. The van der Waals surface area contributed by atoms with Gasteiger partial charge in [-0.2, -0.15) is 0 Å². The van der Waals surface area contributed by atoms with Crippen LogP contribution in [-0.4, -0.2) is 36.5 Å². The third-order valence-electron chi connectivity index (χ3n) is 3.52. The minimum absolute atomic E-state index is 0.0520. The molecule has 118 valence electrons. The molecule has 0 amide bonds.